The SMILES string of the molecule is COC(C(=O)O)(c1ccccc1)S(=O)(=O)O. The largest absolute Gasteiger partial charge is 0.478 e. The Bertz CT molecular complexity index is 480. The molecule has 0 heterocycles. The van der Waals surface area contributed by atoms with Crippen LogP contribution in [0.1, 0.15) is 5.56 Å². The van der Waals surface area contributed by atoms with Gasteiger partial charge in [0, 0.05) is 12.7 Å². The van der Waals surface area contributed by atoms with Gasteiger partial charge in [0.15, 0.2) is 0 Å². The minimum Gasteiger partial charge on any atom is -0.478 e. The molecular formula is C9H10O6S. The molecule has 0 aromatic heterocycles. The summed E-state index contributed by atoms with van der Waals surface area (Å²) in [6, 6.07) is 6.95. The summed E-state index contributed by atoms with van der Waals surface area (Å²) in [5, 5.41) is 8.95. The van der Waals surface area contributed by atoms with E-state index in [1.54, 1.807) is 6.07 Å². The van der Waals surface area contributed by atoms with E-state index in [0.717, 1.165) is 7.11 Å². The first-order valence-electron chi connectivity index (χ1n) is 4.17. The Kier molecular flexibility index (Phi) is 3.32. The van der Waals surface area contributed by atoms with E-state index in [-0.39, 0.29) is 5.56 Å². The van der Waals surface area contributed by atoms with Crippen LogP contribution in [0.25, 0.3) is 0 Å². The van der Waals surface area contributed by atoms with Gasteiger partial charge in [0.2, 0.25) is 0 Å². The quantitative estimate of drug-likeness (QED) is 0.748. The molecule has 1 aromatic rings. The zero-order valence-corrected chi connectivity index (χ0v) is 9.14. The molecular weight excluding hydrogens is 236 g/mol. The van der Waals surface area contributed by atoms with Gasteiger partial charge in [0.1, 0.15) is 0 Å². The summed E-state index contributed by atoms with van der Waals surface area (Å²) in [7, 11) is -4.05. The van der Waals surface area contributed by atoms with E-state index < -0.39 is 21.0 Å². The van der Waals surface area contributed by atoms with E-state index in [9.17, 15) is 13.2 Å². The number of aliphatic carboxylic acids is 1. The van der Waals surface area contributed by atoms with Crippen molar-refractivity contribution < 1.29 is 27.6 Å². The molecule has 88 valence electrons. The number of methoxy groups -OCH3 is 1. The van der Waals surface area contributed by atoms with E-state index in [1.807, 2.05) is 0 Å². The summed E-state index contributed by atoms with van der Waals surface area (Å²) < 4.78 is 35.9. The lowest BCUT2D eigenvalue weighted by Gasteiger charge is -2.24. The van der Waals surface area contributed by atoms with Crippen LogP contribution >= 0.6 is 0 Å². The van der Waals surface area contributed by atoms with Crippen molar-refractivity contribution in [2.75, 3.05) is 7.11 Å². The van der Waals surface area contributed by atoms with Crippen LogP contribution in [0.2, 0.25) is 0 Å². The minimum absolute atomic E-state index is 0.174. The lowest BCUT2D eigenvalue weighted by molar-refractivity contribution is -0.153. The first-order valence-corrected chi connectivity index (χ1v) is 5.61. The molecule has 0 spiro atoms. The van der Waals surface area contributed by atoms with Crippen LogP contribution < -0.4 is 0 Å². The molecule has 0 aliphatic rings. The van der Waals surface area contributed by atoms with Crippen molar-refractivity contribution in [1.29, 1.82) is 0 Å². The summed E-state index contributed by atoms with van der Waals surface area (Å²) in [6.07, 6.45) is 0. The molecule has 0 aliphatic carbocycles. The number of hydrogen-bond donors (Lipinski definition) is 2. The normalized spacial score (nSPS) is 15.4. The zero-order chi connectivity index (χ0) is 12.4. The number of benzene rings is 1. The van der Waals surface area contributed by atoms with Crippen molar-refractivity contribution in [1.82, 2.24) is 0 Å². The predicted molar refractivity (Wildman–Crippen MR) is 54.3 cm³/mol. The molecule has 16 heavy (non-hydrogen) atoms. The molecule has 0 bridgehead atoms. The average Bonchev–Trinajstić information content (AvgIpc) is 2.18. The Morgan fingerprint density at radius 3 is 2.12 bits per heavy atom. The lowest BCUT2D eigenvalue weighted by Crippen LogP contribution is -2.45. The van der Waals surface area contributed by atoms with Gasteiger partial charge in [-0.05, 0) is 0 Å². The topological polar surface area (TPSA) is 101 Å². The van der Waals surface area contributed by atoms with E-state index >= 15 is 0 Å². The van der Waals surface area contributed by atoms with Gasteiger partial charge in [-0.2, -0.15) is 8.42 Å². The summed E-state index contributed by atoms with van der Waals surface area (Å²) in [6.45, 7) is 0. The van der Waals surface area contributed by atoms with Crippen LogP contribution in [0.15, 0.2) is 30.3 Å². The van der Waals surface area contributed by atoms with Crippen molar-refractivity contribution in [2.45, 2.75) is 4.93 Å². The molecule has 2 N–H and O–H groups in total. The third-order valence-electron chi connectivity index (χ3n) is 2.09. The Balaban J connectivity index is 3.55. The van der Waals surface area contributed by atoms with Crippen molar-refractivity contribution >= 4 is 16.1 Å². The summed E-state index contributed by atoms with van der Waals surface area (Å²) >= 11 is 0. The second-order valence-corrected chi connectivity index (χ2v) is 4.49. The number of hydrogen-bond acceptors (Lipinski definition) is 4. The molecule has 0 amide bonds. The highest BCUT2D eigenvalue weighted by Crippen LogP contribution is 2.30. The fraction of sp³-hybridized carbons (Fsp3) is 0.222. The van der Waals surface area contributed by atoms with Gasteiger partial charge in [-0.1, -0.05) is 30.3 Å². The third-order valence-corrected chi connectivity index (χ3v) is 3.39. The van der Waals surface area contributed by atoms with Gasteiger partial charge in [0.05, 0.1) is 0 Å². The van der Waals surface area contributed by atoms with Crippen molar-refractivity contribution in [3.05, 3.63) is 35.9 Å². The van der Waals surface area contributed by atoms with Crippen LogP contribution in [-0.4, -0.2) is 31.2 Å². The summed E-state index contributed by atoms with van der Waals surface area (Å²) in [5.74, 6) is -1.80. The molecule has 7 heteroatoms. The Labute approximate surface area is 92.2 Å². The number of rotatable bonds is 4. The second-order valence-electron chi connectivity index (χ2n) is 2.97. The predicted octanol–water partition coefficient (Wildman–Crippen LogP) is 0.458. The van der Waals surface area contributed by atoms with Crippen LogP contribution in [-0.2, 0) is 24.6 Å². The van der Waals surface area contributed by atoms with E-state index in [4.69, 9.17) is 9.66 Å². The smallest absolute Gasteiger partial charge is 0.359 e. The fourth-order valence-electron chi connectivity index (χ4n) is 1.35. The maximum atomic E-state index is 11.2. The highest BCUT2D eigenvalue weighted by atomic mass is 32.2. The van der Waals surface area contributed by atoms with Gasteiger partial charge in [-0.15, -0.1) is 0 Å². The Morgan fingerprint density at radius 2 is 1.81 bits per heavy atom. The zero-order valence-electron chi connectivity index (χ0n) is 8.32. The Hall–Kier alpha value is -1.44. The van der Waals surface area contributed by atoms with Crippen LogP contribution in [0.3, 0.4) is 0 Å². The monoisotopic (exact) mass is 246 g/mol. The minimum atomic E-state index is -4.95. The van der Waals surface area contributed by atoms with Crippen LogP contribution in [0, 0.1) is 0 Å². The first kappa shape index (κ1) is 12.6. The number of ether oxygens (including phenoxy) is 1. The van der Waals surface area contributed by atoms with E-state index in [2.05, 4.69) is 4.74 Å². The van der Waals surface area contributed by atoms with Gasteiger partial charge in [0.25, 0.3) is 0 Å². The number of carboxylic acid groups (broad SMARTS) is 1. The third kappa shape index (κ3) is 1.80. The molecule has 0 aliphatic heterocycles. The lowest BCUT2D eigenvalue weighted by atomic mass is 10.1. The number of carbonyl (C=O) groups is 1. The molecule has 0 saturated carbocycles. The summed E-state index contributed by atoms with van der Waals surface area (Å²) in [4.78, 5) is 8.25. The molecule has 0 fully saturated rings. The molecule has 1 unspecified atom stereocenters. The molecule has 1 aromatic carbocycles. The highest BCUT2D eigenvalue weighted by Gasteiger charge is 2.53. The van der Waals surface area contributed by atoms with E-state index in [0.29, 0.717) is 0 Å². The Morgan fingerprint density at radius 1 is 1.31 bits per heavy atom. The van der Waals surface area contributed by atoms with E-state index in [1.165, 1.54) is 24.3 Å². The first-order chi connectivity index (χ1) is 7.36. The maximum Gasteiger partial charge on any atom is 0.359 e. The molecule has 0 radical (unpaired) electrons. The van der Waals surface area contributed by atoms with Crippen molar-refractivity contribution in [2.24, 2.45) is 0 Å². The highest BCUT2D eigenvalue weighted by molar-refractivity contribution is 7.87. The van der Waals surface area contributed by atoms with Crippen molar-refractivity contribution in [3.8, 4) is 0 Å². The van der Waals surface area contributed by atoms with Gasteiger partial charge in [-0.3, -0.25) is 4.55 Å². The van der Waals surface area contributed by atoms with Gasteiger partial charge >= 0.3 is 21.0 Å². The standard InChI is InChI=1S/C9H10O6S/c1-15-9(8(10)11,16(12,13)14)7-5-3-2-4-6-7/h2-6H,1H3,(H,10,11)(H,12,13,14). The maximum absolute atomic E-state index is 11.2. The average molecular weight is 246 g/mol. The second kappa shape index (κ2) is 4.20. The molecule has 1 atom stereocenters. The van der Waals surface area contributed by atoms with Crippen LogP contribution in [0.5, 0.6) is 0 Å². The molecule has 6 nitrogen and oxygen atoms in total. The van der Waals surface area contributed by atoms with Gasteiger partial charge in [-0.25, -0.2) is 4.79 Å². The van der Waals surface area contributed by atoms with Crippen molar-refractivity contribution in [3.63, 3.8) is 0 Å². The van der Waals surface area contributed by atoms with Crippen LogP contribution in [0.4, 0.5) is 0 Å². The van der Waals surface area contributed by atoms with Gasteiger partial charge < -0.3 is 9.84 Å². The number of carboxylic acids is 1. The fourth-order valence-corrected chi connectivity index (χ4v) is 2.22. The summed E-state index contributed by atoms with van der Waals surface area (Å²) in [5.41, 5.74) is -0.174. The molecule has 0 saturated heterocycles. The molecule has 1 rings (SSSR count).